The number of carbonyl (C=O) groups is 1. The van der Waals surface area contributed by atoms with Crippen LogP contribution in [-0.2, 0) is 5.75 Å². The van der Waals surface area contributed by atoms with E-state index in [4.69, 9.17) is 5.73 Å². The molecule has 17 heavy (non-hydrogen) atoms. The maximum Gasteiger partial charge on any atom is 0.179 e. The Kier molecular flexibility index (Phi) is 2.33. The van der Waals surface area contributed by atoms with Crippen LogP contribution in [0.5, 0.6) is 0 Å². The molecule has 2 heterocycles. The molecule has 4 heteroatoms. The van der Waals surface area contributed by atoms with Gasteiger partial charge in [-0.05, 0) is 13.0 Å². The van der Waals surface area contributed by atoms with Gasteiger partial charge in [0.1, 0.15) is 0 Å². The number of thioether (sulfide) groups is 1. The van der Waals surface area contributed by atoms with Crippen LogP contribution >= 0.6 is 11.8 Å². The summed E-state index contributed by atoms with van der Waals surface area (Å²) in [7, 11) is 0. The lowest BCUT2D eigenvalue weighted by atomic mass is 10.0. The van der Waals surface area contributed by atoms with Crippen molar-refractivity contribution in [3.63, 3.8) is 0 Å². The van der Waals surface area contributed by atoms with E-state index in [1.54, 1.807) is 11.8 Å². The zero-order valence-electron chi connectivity index (χ0n) is 9.43. The van der Waals surface area contributed by atoms with Crippen LogP contribution in [0.4, 0.5) is 5.69 Å². The summed E-state index contributed by atoms with van der Waals surface area (Å²) in [5.74, 6) is 0.865. The average molecular weight is 244 g/mol. The molecule has 86 valence electrons. The highest BCUT2D eigenvalue weighted by Gasteiger charge is 2.28. The van der Waals surface area contributed by atoms with Crippen LogP contribution in [0.3, 0.4) is 0 Å². The summed E-state index contributed by atoms with van der Waals surface area (Å²) < 4.78 is 0. The summed E-state index contributed by atoms with van der Waals surface area (Å²) in [6.45, 7) is 1.92. The van der Waals surface area contributed by atoms with Crippen LogP contribution in [-0.4, -0.2) is 16.0 Å². The molecular formula is C13H12N2OS. The number of Topliss-reactive ketones (excluding diaryl/α,β-unsaturated/α-hetero) is 1. The van der Waals surface area contributed by atoms with E-state index in [2.05, 4.69) is 4.98 Å². The first kappa shape index (κ1) is 10.6. The molecule has 0 radical (unpaired) electrons. The van der Waals surface area contributed by atoms with Gasteiger partial charge in [-0.3, -0.25) is 9.78 Å². The van der Waals surface area contributed by atoms with Crippen molar-refractivity contribution < 1.29 is 4.79 Å². The Bertz CT molecular complexity index is 624. The highest BCUT2D eigenvalue weighted by atomic mass is 32.2. The number of carbonyl (C=O) groups excluding carboxylic acids is 1. The van der Waals surface area contributed by atoms with Gasteiger partial charge in [0.2, 0.25) is 0 Å². The Balaban J connectivity index is 2.36. The molecule has 1 aliphatic heterocycles. The van der Waals surface area contributed by atoms with E-state index in [1.807, 2.05) is 31.2 Å². The van der Waals surface area contributed by atoms with Gasteiger partial charge in [-0.15, -0.1) is 11.8 Å². The largest absolute Gasteiger partial charge is 0.398 e. The van der Waals surface area contributed by atoms with Crippen molar-refractivity contribution in [1.29, 1.82) is 0 Å². The fourth-order valence-electron chi connectivity index (χ4n) is 2.15. The molecule has 3 rings (SSSR count). The number of hydrogen-bond donors (Lipinski definition) is 1. The number of pyridine rings is 1. The molecule has 1 aromatic heterocycles. The van der Waals surface area contributed by atoms with E-state index in [1.165, 1.54) is 0 Å². The minimum Gasteiger partial charge on any atom is -0.398 e. The SMILES string of the molecule is CC1SCc2nc3ccccc3c(N)c2C1=O. The lowest BCUT2D eigenvalue weighted by molar-refractivity contribution is 0.0992. The first-order valence-electron chi connectivity index (χ1n) is 5.51. The molecule has 1 unspecified atom stereocenters. The number of benzene rings is 1. The van der Waals surface area contributed by atoms with E-state index >= 15 is 0 Å². The lowest BCUT2D eigenvalue weighted by Gasteiger charge is -2.21. The molecule has 2 N–H and O–H groups in total. The Hall–Kier alpha value is -1.55. The molecule has 2 aromatic rings. The zero-order valence-corrected chi connectivity index (χ0v) is 10.3. The van der Waals surface area contributed by atoms with Gasteiger partial charge in [-0.25, -0.2) is 0 Å². The van der Waals surface area contributed by atoms with Gasteiger partial charge in [0, 0.05) is 11.1 Å². The number of nitrogen functional groups attached to an aromatic ring is 1. The first-order chi connectivity index (χ1) is 8.18. The van der Waals surface area contributed by atoms with Crippen molar-refractivity contribution in [2.45, 2.75) is 17.9 Å². The molecule has 0 saturated heterocycles. The van der Waals surface area contributed by atoms with Crippen molar-refractivity contribution >= 4 is 34.1 Å². The fraction of sp³-hybridized carbons (Fsp3) is 0.231. The molecule has 1 aliphatic rings. The Morgan fingerprint density at radius 2 is 2.18 bits per heavy atom. The second-order valence-electron chi connectivity index (χ2n) is 4.18. The summed E-state index contributed by atoms with van der Waals surface area (Å²) >= 11 is 1.62. The maximum atomic E-state index is 12.1. The number of rotatable bonds is 0. The van der Waals surface area contributed by atoms with E-state index in [0.717, 1.165) is 22.3 Å². The highest BCUT2D eigenvalue weighted by Crippen LogP contribution is 2.35. The zero-order chi connectivity index (χ0) is 12.0. The predicted molar refractivity (Wildman–Crippen MR) is 71.2 cm³/mol. The summed E-state index contributed by atoms with van der Waals surface area (Å²) in [6, 6.07) is 7.69. The molecule has 0 aliphatic carbocycles. The summed E-state index contributed by atoms with van der Waals surface area (Å²) in [5.41, 5.74) is 9.04. The number of aromatic nitrogens is 1. The maximum absolute atomic E-state index is 12.1. The van der Waals surface area contributed by atoms with Gasteiger partial charge >= 0.3 is 0 Å². The summed E-state index contributed by atoms with van der Waals surface area (Å²) in [4.78, 5) is 16.7. The van der Waals surface area contributed by atoms with Crippen molar-refractivity contribution in [2.24, 2.45) is 0 Å². The smallest absolute Gasteiger partial charge is 0.179 e. The van der Waals surface area contributed by atoms with Gasteiger partial charge in [-0.2, -0.15) is 0 Å². The third-order valence-electron chi connectivity index (χ3n) is 3.09. The van der Waals surface area contributed by atoms with Gasteiger partial charge in [0.25, 0.3) is 0 Å². The first-order valence-corrected chi connectivity index (χ1v) is 6.56. The highest BCUT2D eigenvalue weighted by molar-refractivity contribution is 8.00. The fourth-order valence-corrected chi connectivity index (χ4v) is 3.04. The van der Waals surface area contributed by atoms with Gasteiger partial charge in [-0.1, -0.05) is 18.2 Å². The monoisotopic (exact) mass is 244 g/mol. The topological polar surface area (TPSA) is 56.0 Å². The van der Waals surface area contributed by atoms with Crippen molar-refractivity contribution in [2.75, 3.05) is 5.73 Å². The number of ketones is 1. The Morgan fingerprint density at radius 1 is 1.41 bits per heavy atom. The third-order valence-corrected chi connectivity index (χ3v) is 4.25. The van der Waals surface area contributed by atoms with Crippen molar-refractivity contribution in [3.05, 3.63) is 35.5 Å². The predicted octanol–water partition coefficient (Wildman–Crippen LogP) is 2.63. The van der Waals surface area contributed by atoms with Gasteiger partial charge in [0.05, 0.1) is 27.7 Å². The second-order valence-corrected chi connectivity index (χ2v) is 5.51. The van der Waals surface area contributed by atoms with Crippen LogP contribution in [0.15, 0.2) is 24.3 Å². The molecule has 0 fully saturated rings. The van der Waals surface area contributed by atoms with Crippen LogP contribution in [0, 0.1) is 0 Å². The van der Waals surface area contributed by atoms with Crippen LogP contribution in [0.2, 0.25) is 0 Å². The van der Waals surface area contributed by atoms with Crippen molar-refractivity contribution in [1.82, 2.24) is 4.98 Å². The molecule has 3 nitrogen and oxygen atoms in total. The average Bonchev–Trinajstić information content (AvgIpc) is 2.34. The second kappa shape index (κ2) is 3.74. The van der Waals surface area contributed by atoms with Crippen molar-refractivity contribution in [3.8, 4) is 0 Å². The number of hydrogen-bond acceptors (Lipinski definition) is 4. The van der Waals surface area contributed by atoms with Gasteiger partial charge in [0.15, 0.2) is 5.78 Å². The molecule has 0 bridgehead atoms. The molecular weight excluding hydrogens is 232 g/mol. The normalized spacial score (nSPS) is 19.4. The molecule has 1 aromatic carbocycles. The minimum atomic E-state index is -0.0206. The van der Waals surface area contributed by atoms with Crippen LogP contribution in [0.1, 0.15) is 23.0 Å². The number of anilines is 1. The van der Waals surface area contributed by atoms with E-state index < -0.39 is 0 Å². The van der Waals surface area contributed by atoms with Crippen LogP contribution in [0.25, 0.3) is 10.9 Å². The molecule has 1 atom stereocenters. The Labute approximate surface area is 103 Å². The van der Waals surface area contributed by atoms with Gasteiger partial charge < -0.3 is 5.73 Å². The Morgan fingerprint density at radius 3 is 3.00 bits per heavy atom. The van der Waals surface area contributed by atoms with E-state index in [-0.39, 0.29) is 11.0 Å². The third kappa shape index (κ3) is 1.52. The summed E-state index contributed by atoms with van der Waals surface area (Å²) in [6.07, 6.45) is 0. The quantitative estimate of drug-likeness (QED) is 0.774. The van der Waals surface area contributed by atoms with Crippen LogP contribution < -0.4 is 5.73 Å². The minimum absolute atomic E-state index is 0.0206. The number of nitrogens with zero attached hydrogens (tertiary/aromatic N) is 1. The molecule has 0 saturated carbocycles. The summed E-state index contributed by atoms with van der Waals surface area (Å²) in [5, 5.41) is 0.853. The van der Waals surface area contributed by atoms with E-state index in [9.17, 15) is 4.79 Å². The molecule has 0 spiro atoms. The molecule has 0 amide bonds. The standard InChI is InChI=1S/C13H12N2OS/c1-7-13(16)11-10(6-17-7)15-9-5-3-2-4-8(9)12(11)14/h2-5,7H,6H2,1H3,(H2,14,15). The van der Waals surface area contributed by atoms with E-state index in [0.29, 0.717) is 11.3 Å². The number of para-hydroxylation sites is 1. The number of nitrogens with two attached hydrogens (primary N) is 1. The number of fused-ring (bicyclic) bond motifs is 2. The lowest BCUT2D eigenvalue weighted by Crippen LogP contribution is -2.23.